The third-order valence-corrected chi connectivity index (χ3v) is 6.28. The van der Waals surface area contributed by atoms with Crippen LogP contribution in [0.25, 0.3) is 0 Å². The average Bonchev–Trinajstić information content (AvgIpc) is 3.27. The van der Waals surface area contributed by atoms with Gasteiger partial charge in [0.05, 0.1) is 40.7 Å². The molecule has 0 fully saturated rings. The van der Waals surface area contributed by atoms with Crippen LogP contribution in [0.1, 0.15) is 49.8 Å². The van der Waals surface area contributed by atoms with Crippen molar-refractivity contribution in [3.05, 3.63) is 104 Å². The molecule has 0 saturated carbocycles. The molecule has 9 nitrogen and oxygen atoms in total. The molecule has 0 aliphatic carbocycles. The highest BCUT2D eigenvalue weighted by Crippen LogP contribution is 2.30. The molecule has 0 bridgehead atoms. The van der Waals surface area contributed by atoms with E-state index in [9.17, 15) is 28.1 Å². The molecule has 12 heteroatoms. The first-order valence-corrected chi connectivity index (χ1v) is 11.6. The van der Waals surface area contributed by atoms with Crippen LogP contribution in [0.3, 0.4) is 0 Å². The molecule has 0 radical (unpaired) electrons. The molecule has 2 aromatic heterocycles. The number of nitrogens with zero attached hydrogens (tertiary/aromatic N) is 5. The minimum Gasteiger partial charge on any atom is -0.319 e. The van der Waals surface area contributed by atoms with Crippen LogP contribution in [-0.4, -0.2) is 30.4 Å². The van der Waals surface area contributed by atoms with E-state index in [2.05, 4.69) is 15.5 Å². The first-order chi connectivity index (χ1) is 17.8. The smallest absolute Gasteiger partial charge is 0.319 e. The van der Waals surface area contributed by atoms with Gasteiger partial charge < -0.3 is 5.32 Å². The molecule has 0 aliphatic heterocycles. The van der Waals surface area contributed by atoms with Crippen LogP contribution in [0.4, 0.5) is 24.5 Å². The number of hydrogen-bond donors (Lipinski definition) is 1. The Morgan fingerprint density at radius 2 is 1.53 bits per heavy atom. The summed E-state index contributed by atoms with van der Waals surface area (Å²) in [6.07, 6.45) is -4.44. The lowest BCUT2D eigenvalue weighted by atomic mass is 10.1. The van der Waals surface area contributed by atoms with Gasteiger partial charge in [0, 0.05) is 5.56 Å². The van der Waals surface area contributed by atoms with Crippen LogP contribution >= 0.6 is 0 Å². The summed E-state index contributed by atoms with van der Waals surface area (Å²) in [6, 6.07) is 11.8. The van der Waals surface area contributed by atoms with Crippen molar-refractivity contribution in [3.63, 3.8) is 0 Å². The van der Waals surface area contributed by atoms with Crippen molar-refractivity contribution in [1.29, 1.82) is 0 Å². The van der Waals surface area contributed by atoms with Crippen molar-refractivity contribution in [2.24, 2.45) is 0 Å². The van der Waals surface area contributed by atoms with E-state index in [4.69, 9.17) is 0 Å². The predicted molar refractivity (Wildman–Crippen MR) is 134 cm³/mol. The van der Waals surface area contributed by atoms with Crippen molar-refractivity contribution < 1.29 is 22.9 Å². The summed E-state index contributed by atoms with van der Waals surface area (Å²) in [6.45, 7) is 7.09. The fourth-order valence-electron chi connectivity index (χ4n) is 4.28. The van der Waals surface area contributed by atoms with Gasteiger partial charge in [-0.15, -0.1) is 0 Å². The Balaban J connectivity index is 1.47. The largest absolute Gasteiger partial charge is 0.416 e. The van der Waals surface area contributed by atoms with Gasteiger partial charge in [0.15, 0.2) is 0 Å². The summed E-state index contributed by atoms with van der Waals surface area (Å²) in [7, 11) is 0. The van der Waals surface area contributed by atoms with Crippen LogP contribution in [0.2, 0.25) is 0 Å². The Bertz CT molecular complexity index is 1520. The molecule has 0 spiro atoms. The topological polar surface area (TPSA) is 108 Å². The number of anilines is 1. The molecule has 0 aliphatic rings. The first-order valence-electron chi connectivity index (χ1n) is 11.6. The van der Waals surface area contributed by atoms with Crippen LogP contribution in [-0.2, 0) is 19.3 Å². The van der Waals surface area contributed by atoms with Crippen LogP contribution in [0.5, 0.6) is 0 Å². The van der Waals surface area contributed by atoms with Gasteiger partial charge in [-0.2, -0.15) is 23.4 Å². The van der Waals surface area contributed by atoms with Crippen molar-refractivity contribution in [2.45, 2.75) is 47.0 Å². The Kier molecular flexibility index (Phi) is 7.07. The molecule has 2 aromatic carbocycles. The molecular weight excluding hydrogens is 501 g/mol. The number of amides is 1. The molecule has 4 rings (SSSR count). The summed E-state index contributed by atoms with van der Waals surface area (Å²) in [5.41, 5.74) is 3.30. The maximum atomic E-state index is 13.1. The van der Waals surface area contributed by atoms with Gasteiger partial charge in [-0.1, -0.05) is 24.3 Å². The van der Waals surface area contributed by atoms with Crippen molar-refractivity contribution >= 4 is 17.3 Å². The Hall–Kier alpha value is -4.48. The third-order valence-electron chi connectivity index (χ3n) is 6.28. The summed E-state index contributed by atoms with van der Waals surface area (Å²) < 4.78 is 42.3. The van der Waals surface area contributed by atoms with Gasteiger partial charge in [0.1, 0.15) is 11.4 Å². The summed E-state index contributed by atoms with van der Waals surface area (Å²) in [5, 5.41) is 22.7. The molecule has 198 valence electrons. The van der Waals surface area contributed by atoms with E-state index < -0.39 is 16.7 Å². The molecule has 0 atom stereocenters. The zero-order chi connectivity index (χ0) is 27.8. The second-order valence-electron chi connectivity index (χ2n) is 8.99. The maximum absolute atomic E-state index is 13.1. The molecular formula is C26H25F3N6O3. The molecule has 0 saturated heterocycles. The number of aromatic nitrogens is 4. The van der Waals surface area contributed by atoms with Crippen LogP contribution in [0, 0.1) is 37.8 Å². The number of hydrogen-bond acceptors (Lipinski definition) is 5. The van der Waals surface area contributed by atoms with E-state index in [0.29, 0.717) is 46.1 Å². The van der Waals surface area contributed by atoms with Crippen molar-refractivity contribution in [2.75, 3.05) is 5.32 Å². The minimum absolute atomic E-state index is 0.0136. The quantitative estimate of drug-likeness (QED) is 0.250. The van der Waals surface area contributed by atoms with Gasteiger partial charge in [-0.3, -0.25) is 24.3 Å². The molecule has 0 unspecified atom stereocenters. The van der Waals surface area contributed by atoms with E-state index in [-0.39, 0.29) is 18.1 Å². The summed E-state index contributed by atoms with van der Waals surface area (Å²) in [4.78, 5) is 23.7. The fourth-order valence-corrected chi connectivity index (χ4v) is 4.28. The number of halogens is 3. The number of carbonyl (C=O) groups excluding carboxylic acids is 1. The second kappa shape index (κ2) is 10.1. The lowest BCUT2D eigenvalue weighted by Crippen LogP contribution is -2.14. The van der Waals surface area contributed by atoms with Gasteiger partial charge >= 0.3 is 11.9 Å². The molecule has 4 aromatic rings. The van der Waals surface area contributed by atoms with Gasteiger partial charge in [-0.25, -0.2) is 0 Å². The Morgan fingerprint density at radius 3 is 2.13 bits per heavy atom. The zero-order valence-corrected chi connectivity index (χ0v) is 21.1. The van der Waals surface area contributed by atoms with Crippen molar-refractivity contribution in [1.82, 2.24) is 19.6 Å². The van der Waals surface area contributed by atoms with Gasteiger partial charge in [0.2, 0.25) is 0 Å². The normalized spacial score (nSPS) is 11.6. The van der Waals surface area contributed by atoms with Crippen LogP contribution in [0.15, 0.2) is 48.5 Å². The summed E-state index contributed by atoms with van der Waals surface area (Å²) >= 11 is 0. The molecule has 1 amide bonds. The lowest BCUT2D eigenvalue weighted by Gasteiger charge is -2.10. The number of rotatable bonds is 7. The van der Waals surface area contributed by atoms with E-state index in [1.165, 1.54) is 6.07 Å². The van der Waals surface area contributed by atoms with E-state index in [0.717, 1.165) is 17.7 Å². The molecule has 1 N–H and O–H groups in total. The molecule has 38 heavy (non-hydrogen) atoms. The van der Waals surface area contributed by atoms with E-state index in [1.54, 1.807) is 67.4 Å². The highest BCUT2D eigenvalue weighted by molar-refractivity contribution is 6.04. The average molecular weight is 527 g/mol. The Labute approximate surface area is 216 Å². The highest BCUT2D eigenvalue weighted by Gasteiger charge is 2.30. The summed E-state index contributed by atoms with van der Waals surface area (Å²) in [5.74, 6) is -0.372. The maximum Gasteiger partial charge on any atom is 0.416 e. The number of nitro groups is 1. The molecule has 2 heterocycles. The zero-order valence-electron chi connectivity index (χ0n) is 21.1. The van der Waals surface area contributed by atoms with E-state index in [1.807, 2.05) is 0 Å². The van der Waals surface area contributed by atoms with Gasteiger partial charge in [0.25, 0.3) is 5.91 Å². The van der Waals surface area contributed by atoms with Gasteiger partial charge in [-0.05, 0) is 63.1 Å². The standard InChI is InChI=1S/C26H25F3N6O3/c1-15-23(17(3)33(31-15)14-20-6-5-7-22(12-20)26(27,28)29)30-25(36)21-10-8-19(9-11-21)13-34-18(4)24(35(37)38)16(2)32-34/h5-12H,13-14H2,1-4H3,(H,30,36). The SMILES string of the molecule is Cc1nn(Cc2cccc(C(F)(F)F)c2)c(C)c1NC(=O)c1ccc(Cn2nc(C)c([N+](=O)[O-])c2C)cc1. The lowest BCUT2D eigenvalue weighted by molar-refractivity contribution is -0.386. The minimum atomic E-state index is -4.44. The third kappa shape index (κ3) is 5.43. The van der Waals surface area contributed by atoms with E-state index >= 15 is 0 Å². The second-order valence-corrected chi connectivity index (χ2v) is 8.99. The first kappa shape index (κ1) is 26.6. The highest BCUT2D eigenvalue weighted by atomic mass is 19.4. The van der Waals surface area contributed by atoms with Crippen molar-refractivity contribution in [3.8, 4) is 0 Å². The monoisotopic (exact) mass is 526 g/mol. The fraction of sp³-hybridized carbons (Fsp3) is 0.269. The number of alkyl halides is 3. The number of benzene rings is 2. The van der Waals surface area contributed by atoms with Crippen LogP contribution < -0.4 is 5.32 Å². The number of aryl methyl sites for hydroxylation is 2. The Morgan fingerprint density at radius 1 is 0.921 bits per heavy atom. The predicted octanol–water partition coefficient (Wildman–Crippen LogP) is 5.59. The number of carbonyl (C=O) groups is 1. The number of nitrogens with one attached hydrogen (secondary N) is 1.